The first-order chi connectivity index (χ1) is 8.23. The van der Waals surface area contributed by atoms with Crippen molar-refractivity contribution in [1.29, 1.82) is 0 Å². The van der Waals surface area contributed by atoms with Crippen LogP contribution in [0.1, 0.15) is 33.4 Å². The molecule has 1 rings (SSSR count). The lowest BCUT2D eigenvalue weighted by molar-refractivity contribution is -0.170. The molecule has 1 N–H and O–H groups in total. The van der Waals surface area contributed by atoms with Crippen molar-refractivity contribution in [3.8, 4) is 0 Å². The van der Waals surface area contributed by atoms with Crippen molar-refractivity contribution in [2.24, 2.45) is 5.41 Å². The highest BCUT2D eigenvalue weighted by molar-refractivity contribution is 5.77. The summed E-state index contributed by atoms with van der Waals surface area (Å²) in [7, 11) is 0. The summed E-state index contributed by atoms with van der Waals surface area (Å²) in [5.74, 6) is -1.02. The van der Waals surface area contributed by atoms with E-state index in [-0.39, 0.29) is 12.3 Å². The van der Waals surface area contributed by atoms with E-state index in [4.69, 9.17) is 4.74 Å². The Labute approximate surface area is 106 Å². The van der Waals surface area contributed by atoms with Crippen LogP contribution in [0.3, 0.4) is 0 Å². The van der Waals surface area contributed by atoms with Gasteiger partial charge in [-0.1, -0.05) is 0 Å². The van der Waals surface area contributed by atoms with Gasteiger partial charge in [0, 0.05) is 0 Å². The number of aliphatic hydroxyl groups is 1. The van der Waals surface area contributed by atoms with Crippen LogP contribution in [0, 0.1) is 11.2 Å². The van der Waals surface area contributed by atoms with Gasteiger partial charge in [0.05, 0.1) is 23.9 Å². The summed E-state index contributed by atoms with van der Waals surface area (Å²) in [6.45, 7) is 6.52. The minimum Gasteiger partial charge on any atom is -0.465 e. The maximum absolute atomic E-state index is 12.8. The zero-order chi connectivity index (χ0) is 14.0. The van der Waals surface area contributed by atoms with E-state index >= 15 is 0 Å². The van der Waals surface area contributed by atoms with Crippen molar-refractivity contribution in [2.75, 3.05) is 6.61 Å². The number of pyridine rings is 1. The largest absolute Gasteiger partial charge is 0.465 e. The third kappa shape index (κ3) is 2.51. The normalized spacial score (nSPS) is 15.0. The topological polar surface area (TPSA) is 59.4 Å². The van der Waals surface area contributed by atoms with Crippen LogP contribution >= 0.6 is 0 Å². The lowest BCUT2D eigenvalue weighted by Gasteiger charge is -2.37. The lowest BCUT2D eigenvalue weighted by Crippen LogP contribution is -2.46. The average molecular weight is 255 g/mol. The summed E-state index contributed by atoms with van der Waals surface area (Å²) in [5, 5.41) is 10.5. The number of nitrogens with zero attached hydrogens (tertiary/aromatic N) is 1. The predicted molar refractivity (Wildman–Crippen MR) is 64.2 cm³/mol. The van der Waals surface area contributed by atoms with Crippen LogP contribution in [0.15, 0.2) is 18.3 Å². The van der Waals surface area contributed by atoms with Gasteiger partial charge >= 0.3 is 5.97 Å². The molecule has 0 saturated heterocycles. The van der Waals surface area contributed by atoms with Crippen LogP contribution in [-0.4, -0.2) is 22.7 Å². The molecular formula is C13H18FNO3. The first kappa shape index (κ1) is 14.6. The standard InChI is InChI=1S/C13H18FNO3/c1-5-18-11(16)12(2,3)13(4,17)10-7-6-9(14)8-15-10/h6-8,17H,5H2,1-4H3. The quantitative estimate of drug-likeness (QED) is 0.836. The highest BCUT2D eigenvalue weighted by Crippen LogP contribution is 2.39. The van der Waals surface area contributed by atoms with Crippen molar-refractivity contribution >= 4 is 5.97 Å². The molecule has 1 aromatic heterocycles. The average Bonchev–Trinajstić information content (AvgIpc) is 2.29. The van der Waals surface area contributed by atoms with Gasteiger partial charge < -0.3 is 9.84 Å². The van der Waals surface area contributed by atoms with E-state index in [0.29, 0.717) is 0 Å². The highest BCUT2D eigenvalue weighted by Gasteiger charge is 2.48. The van der Waals surface area contributed by atoms with Gasteiger partial charge in [0.25, 0.3) is 0 Å². The Morgan fingerprint density at radius 3 is 2.50 bits per heavy atom. The van der Waals surface area contributed by atoms with Gasteiger partial charge in [-0.15, -0.1) is 0 Å². The minimum absolute atomic E-state index is 0.224. The number of aromatic nitrogens is 1. The molecule has 0 saturated carbocycles. The number of carbonyl (C=O) groups is 1. The van der Waals surface area contributed by atoms with Crippen molar-refractivity contribution < 1.29 is 19.0 Å². The van der Waals surface area contributed by atoms with Gasteiger partial charge in [0.1, 0.15) is 11.4 Å². The Hall–Kier alpha value is -1.49. The fourth-order valence-corrected chi connectivity index (χ4v) is 1.49. The van der Waals surface area contributed by atoms with Gasteiger partial charge in [-0.3, -0.25) is 9.78 Å². The SMILES string of the molecule is CCOC(=O)C(C)(C)C(C)(O)c1ccc(F)cn1. The van der Waals surface area contributed by atoms with Crippen molar-refractivity contribution in [1.82, 2.24) is 4.98 Å². The molecule has 0 amide bonds. The molecule has 100 valence electrons. The Balaban J connectivity index is 3.11. The van der Waals surface area contributed by atoms with E-state index < -0.39 is 22.8 Å². The summed E-state index contributed by atoms with van der Waals surface area (Å²) in [5.41, 5.74) is -2.51. The molecule has 0 fully saturated rings. The summed E-state index contributed by atoms with van der Waals surface area (Å²) < 4.78 is 17.8. The summed E-state index contributed by atoms with van der Waals surface area (Å²) >= 11 is 0. The Morgan fingerprint density at radius 2 is 2.06 bits per heavy atom. The molecule has 1 aromatic rings. The molecule has 0 spiro atoms. The predicted octanol–water partition coefficient (Wildman–Crippen LogP) is 2.02. The molecule has 18 heavy (non-hydrogen) atoms. The molecule has 4 nitrogen and oxygen atoms in total. The Kier molecular flexibility index (Phi) is 4.06. The molecule has 1 unspecified atom stereocenters. The number of hydrogen-bond acceptors (Lipinski definition) is 4. The Bertz CT molecular complexity index is 426. The molecule has 0 aromatic carbocycles. The fraction of sp³-hybridized carbons (Fsp3) is 0.538. The van der Waals surface area contributed by atoms with E-state index in [1.54, 1.807) is 20.8 Å². The highest BCUT2D eigenvalue weighted by atomic mass is 19.1. The van der Waals surface area contributed by atoms with Crippen LogP contribution in [0.4, 0.5) is 4.39 Å². The maximum atomic E-state index is 12.8. The molecule has 5 heteroatoms. The zero-order valence-corrected chi connectivity index (χ0v) is 11.0. The first-order valence-electron chi connectivity index (χ1n) is 5.75. The summed E-state index contributed by atoms with van der Waals surface area (Å²) in [6, 6.07) is 2.55. The van der Waals surface area contributed by atoms with Crippen LogP contribution in [0.25, 0.3) is 0 Å². The second-order valence-corrected chi connectivity index (χ2v) is 4.78. The smallest absolute Gasteiger partial charge is 0.314 e. The van der Waals surface area contributed by atoms with Gasteiger partial charge in [-0.25, -0.2) is 4.39 Å². The van der Waals surface area contributed by atoms with E-state index in [1.165, 1.54) is 19.1 Å². The number of carbonyl (C=O) groups excluding carboxylic acids is 1. The van der Waals surface area contributed by atoms with Crippen LogP contribution in [0.5, 0.6) is 0 Å². The van der Waals surface area contributed by atoms with E-state index in [2.05, 4.69) is 4.98 Å². The van der Waals surface area contributed by atoms with Crippen LogP contribution in [0.2, 0.25) is 0 Å². The van der Waals surface area contributed by atoms with Gasteiger partial charge in [-0.05, 0) is 39.8 Å². The number of halogens is 1. The van der Waals surface area contributed by atoms with Gasteiger partial charge in [0.15, 0.2) is 0 Å². The van der Waals surface area contributed by atoms with Crippen LogP contribution in [-0.2, 0) is 15.1 Å². The maximum Gasteiger partial charge on any atom is 0.314 e. The molecular weight excluding hydrogens is 237 g/mol. The fourth-order valence-electron chi connectivity index (χ4n) is 1.49. The number of rotatable bonds is 4. The first-order valence-corrected chi connectivity index (χ1v) is 5.75. The summed E-state index contributed by atoms with van der Waals surface area (Å²) in [4.78, 5) is 15.7. The molecule has 0 aliphatic heterocycles. The monoisotopic (exact) mass is 255 g/mol. The third-order valence-corrected chi connectivity index (χ3v) is 3.23. The van der Waals surface area contributed by atoms with Crippen molar-refractivity contribution in [2.45, 2.75) is 33.3 Å². The molecule has 0 radical (unpaired) electrons. The van der Waals surface area contributed by atoms with E-state index in [9.17, 15) is 14.3 Å². The van der Waals surface area contributed by atoms with Gasteiger partial charge in [-0.2, -0.15) is 0 Å². The minimum atomic E-state index is -1.55. The Morgan fingerprint density at radius 1 is 1.44 bits per heavy atom. The number of ether oxygens (including phenoxy) is 1. The zero-order valence-electron chi connectivity index (χ0n) is 11.0. The lowest BCUT2D eigenvalue weighted by atomic mass is 9.74. The second kappa shape index (κ2) is 5.02. The van der Waals surface area contributed by atoms with Gasteiger partial charge in [0.2, 0.25) is 0 Å². The van der Waals surface area contributed by atoms with Crippen molar-refractivity contribution in [3.05, 3.63) is 29.8 Å². The molecule has 1 heterocycles. The summed E-state index contributed by atoms with van der Waals surface area (Å²) in [6.07, 6.45) is 1.00. The molecule has 0 aliphatic rings. The third-order valence-electron chi connectivity index (χ3n) is 3.23. The number of esters is 1. The van der Waals surface area contributed by atoms with Crippen molar-refractivity contribution in [3.63, 3.8) is 0 Å². The van der Waals surface area contributed by atoms with E-state index in [0.717, 1.165) is 6.20 Å². The second-order valence-electron chi connectivity index (χ2n) is 4.78. The number of hydrogen-bond donors (Lipinski definition) is 1. The van der Waals surface area contributed by atoms with E-state index in [1.807, 2.05) is 0 Å². The van der Waals surface area contributed by atoms with Crippen LogP contribution < -0.4 is 0 Å². The molecule has 0 bridgehead atoms. The molecule has 0 aliphatic carbocycles. The molecule has 1 atom stereocenters.